The molecular formula is C12H17F2N3O. The second-order valence-electron chi connectivity index (χ2n) is 4.00. The molecule has 0 saturated carbocycles. The molecule has 0 aliphatic rings. The number of nitrogens with one attached hydrogen (secondary N) is 1. The van der Waals surface area contributed by atoms with E-state index in [4.69, 9.17) is 11.5 Å². The molecule has 18 heavy (non-hydrogen) atoms. The van der Waals surface area contributed by atoms with E-state index in [1.165, 1.54) is 12.1 Å². The molecule has 6 heteroatoms. The average Bonchev–Trinajstić information content (AvgIpc) is 2.29. The fourth-order valence-electron chi connectivity index (χ4n) is 1.57. The molecule has 0 bridgehead atoms. The average molecular weight is 257 g/mol. The molecule has 1 amide bonds. The number of hydrogen-bond acceptors (Lipinski definition) is 3. The Morgan fingerprint density at radius 3 is 2.67 bits per heavy atom. The predicted octanol–water partition coefficient (Wildman–Crippen LogP) is 2.27. The van der Waals surface area contributed by atoms with Gasteiger partial charge in [-0.1, -0.05) is 0 Å². The summed E-state index contributed by atoms with van der Waals surface area (Å²) in [6, 6.07) is 4.36. The van der Waals surface area contributed by atoms with Crippen LogP contribution in [0.2, 0.25) is 0 Å². The van der Waals surface area contributed by atoms with Crippen molar-refractivity contribution in [3.63, 3.8) is 0 Å². The van der Waals surface area contributed by atoms with Gasteiger partial charge >= 0.3 is 0 Å². The summed E-state index contributed by atoms with van der Waals surface area (Å²) in [6.45, 7) is 0.511. The molecule has 0 atom stereocenters. The van der Waals surface area contributed by atoms with Crippen LogP contribution in [0, 0.1) is 0 Å². The van der Waals surface area contributed by atoms with Gasteiger partial charge in [0.25, 0.3) is 6.43 Å². The molecule has 0 fully saturated rings. The fraction of sp³-hybridized carbons (Fsp3) is 0.417. The van der Waals surface area contributed by atoms with Gasteiger partial charge in [0, 0.05) is 29.9 Å². The molecule has 0 aromatic heterocycles. The molecule has 1 rings (SSSR count). The number of nitrogens with two attached hydrogens (primary N) is 2. The second-order valence-corrected chi connectivity index (χ2v) is 4.00. The fourth-order valence-corrected chi connectivity index (χ4v) is 1.57. The maximum absolute atomic E-state index is 12.7. The van der Waals surface area contributed by atoms with Gasteiger partial charge in [0.1, 0.15) is 0 Å². The number of halogens is 2. The largest absolute Gasteiger partial charge is 0.399 e. The predicted molar refractivity (Wildman–Crippen MR) is 67.3 cm³/mol. The monoisotopic (exact) mass is 257 g/mol. The molecule has 0 aliphatic carbocycles. The first kappa shape index (κ1) is 14.2. The lowest BCUT2D eigenvalue weighted by atomic mass is 10.1. The lowest BCUT2D eigenvalue weighted by Crippen LogP contribution is -2.11. The maximum atomic E-state index is 12.7. The van der Waals surface area contributed by atoms with Crippen molar-refractivity contribution in [1.82, 2.24) is 0 Å². The number of rotatable bonds is 7. The summed E-state index contributed by atoms with van der Waals surface area (Å²) in [7, 11) is 0. The molecule has 0 saturated heterocycles. The highest BCUT2D eigenvalue weighted by atomic mass is 19.3. The van der Waals surface area contributed by atoms with Crippen LogP contribution in [0.4, 0.5) is 20.2 Å². The summed E-state index contributed by atoms with van der Waals surface area (Å²) >= 11 is 0. The van der Waals surface area contributed by atoms with Gasteiger partial charge in [-0.2, -0.15) is 0 Å². The number of primary amides is 1. The van der Waals surface area contributed by atoms with Crippen LogP contribution >= 0.6 is 0 Å². The van der Waals surface area contributed by atoms with Crippen molar-refractivity contribution in [2.24, 2.45) is 5.73 Å². The Bertz CT molecular complexity index is 410. The van der Waals surface area contributed by atoms with Crippen LogP contribution in [0.15, 0.2) is 18.2 Å². The highest BCUT2D eigenvalue weighted by Crippen LogP contribution is 2.28. The van der Waals surface area contributed by atoms with E-state index >= 15 is 0 Å². The minimum atomic E-state index is -2.57. The molecule has 1 aromatic rings. The highest BCUT2D eigenvalue weighted by Gasteiger charge is 2.12. The van der Waals surface area contributed by atoms with E-state index in [-0.39, 0.29) is 11.5 Å². The van der Waals surface area contributed by atoms with E-state index in [0.717, 1.165) is 0 Å². The van der Waals surface area contributed by atoms with Crippen LogP contribution in [-0.4, -0.2) is 12.5 Å². The number of amides is 1. The Balaban J connectivity index is 2.49. The lowest BCUT2D eigenvalue weighted by molar-refractivity contribution is -0.118. The number of benzene rings is 1. The molecule has 0 unspecified atom stereocenters. The van der Waals surface area contributed by atoms with Crippen molar-refractivity contribution in [1.29, 1.82) is 0 Å². The lowest BCUT2D eigenvalue weighted by Gasteiger charge is -2.12. The number of hydrogen-bond donors (Lipinski definition) is 3. The van der Waals surface area contributed by atoms with Gasteiger partial charge in [0.05, 0.1) is 0 Å². The third-order valence-electron chi connectivity index (χ3n) is 2.48. The number of carbonyl (C=O) groups is 1. The minimum Gasteiger partial charge on any atom is -0.399 e. The minimum absolute atomic E-state index is 0.107. The summed E-state index contributed by atoms with van der Waals surface area (Å²) in [6.07, 6.45) is -0.927. The van der Waals surface area contributed by atoms with Crippen LogP contribution in [-0.2, 0) is 4.79 Å². The van der Waals surface area contributed by atoms with Crippen LogP contribution < -0.4 is 16.8 Å². The Morgan fingerprint density at radius 2 is 2.06 bits per heavy atom. The first-order valence-corrected chi connectivity index (χ1v) is 5.70. The van der Waals surface area contributed by atoms with E-state index in [9.17, 15) is 13.6 Å². The second kappa shape index (κ2) is 6.78. The van der Waals surface area contributed by atoms with Gasteiger partial charge in [-0.25, -0.2) is 8.78 Å². The zero-order valence-electron chi connectivity index (χ0n) is 9.96. The summed E-state index contributed by atoms with van der Waals surface area (Å²) in [4.78, 5) is 10.5. The molecular weight excluding hydrogens is 240 g/mol. The molecule has 100 valence electrons. The van der Waals surface area contributed by atoms with Gasteiger partial charge in [0.2, 0.25) is 5.91 Å². The third-order valence-corrected chi connectivity index (χ3v) is 2.48. The molecule has 4 nitrogen and oxygen atoms in total. The SMILES string of the molecule is NC(=O)CCCCNc1ccc(N)cc1C(F)F. The number of nitrogen functional groups attached to an aromatic ring is 1. The van der Waals surface area contributed by atoms with Crippen LogP contribution in [0.3, 0.4) is 0 Å². The van der Waals surface area contributed by atoms with Crippen molar-refractivity contribution in [2.45, 2.75) is 25.7 Å². The number of carbonyl (C=O) groups excluding carboxylic acids is 1. The highest BCUT2D eigenvalue weighted by molar-refractivity contribution is 5.73. The van der Waals surface area contributed by atoms with Gasteiger partial charge in [-0.3, -0.25) is 4.79 Å². The van der Waals surface area contributed by atoms with Crippen LogP contribution in [0.25, 0.3) is 0 Å². The number of anilines is 2. The van der Waals surface area contributed by atoms with Gasteiger partial charge in [-0.15, -0.1) is 0 Å². The zero-order valence-corrected chi connectivity index (χ0v) is 9.96. The molecule has 5 N–H and O–H groups in total. The van der Waals surface area contributed by atoms with Gasteiger partial charge in [-0.05, 0) is 31.0 Å². The summed E-state index contributed by atoms with van der Waals surface area (Å²) in [5.41, 5.74) is 11.0. The Morgan fingerprint density at radius 1 is 1.33 bits per heavy atom. The quantitative estimate of drug-likeness (QED) is 0.517. The maximum Gasteiger partial charge on any atom is 0.265 e. The van der Waals surface area contributed by atoms with Gasteiger partial charge in [0.15, 0.2) is 0 Å². The summed E-state index contributed by atoms with van der Waals surface area (Å²) in [5, 5.41) is 2.91. The molecule has 0 spiro atoms. The zero-order chi connectivity index (χ0) is 13.5. The van der Waals surface area contributed by atoms with Crippen molar-refractivity contribution in [3.8, 4) is 0 Å². The Kier molecular flexibility index (Phi) is 5.35. The topological polar surface area (TPSA) is 81.1 Å². The standard InChI is InChI=1S/C12H17F2N3O/c13-12(14)9-7-8(15)4-5-10(9)17-6-2-1-3-11(16)18/h4-5,7,12,17H,1-3,6,15H2,(H2,16,18). The van der Waals surface area contributed by atoms with E-state index in [1.807, 2.05) is 0 Å². The first-order chi connectivity index (χ1) is 8.50. The van der Waals surface area contributed by atoms with Crippen LogP contribution in [0.1, 0.15) is 31.3 Å². The number of alkyl halides is 2. The normalized spacial score (nSPS) is 10.6. The number of unbranched alkanes of at least 4 members (excludes halogenated alkanes) is 1. The molecule has 0 radical (unpaired) electrons. The molecule has 0 heterocycles. The van der Waals surface area contributed by atoms with E-state index in [2.05, 4.69) is 5.32 Å². The Hall–Kier alpha value is -1.85. The van der Waals surface area contributed by atoms with E-state index in [1.54, 1.807) is 6.07 Å². The van der Waals surface area contributed by atoms with Crippen LogP contribution in [0.5, 0.6) is 0 Å². The smallest absolute Gasteiger partial charge is 0.265 e. The summed E-state index contributed by atoms with van der Waals surface area (Å²) in [5.74, 6) is -0.351. The third kappa shape index (κ3) is 4.57. The Labute approximate surface area is 104 Å². The van der Waals surface area contributed by atoms with Crippen molar-refractivity contribution >= 4 is 17.3 Å². The van der Waals surface area contributed by atoms with Crippen molar-refractivity contribution in [2.75, 3.05) is 17.6 Å². The molecule has 1 aromatic carbocycles. The van der Waals surface area contributed by atoms with E-state index in [0.29, 0.717) is 37.2 Å². The molecule has 0 aliphatic heterocycles. The van der Waals surface area contributed by atoms with Crippen molar-refractivity contribution in [3.05, 3.63) is 23.8 Å². The van der Waals surface area contributed by atoms with Crippen molar-refractivity contribution < 1.29 is 13.6 Å². The van der Waals surface area contributed by atoms with Gasteiger partial charge < -0.3 is 16.8 Å². The first-order valence-electron chi connectivity index (χ1n) is 5.70. The summed E-state index contributed by atoms with van der Waals surface area (Å²) < 4.78 is 25.5. The van der Waals surface area contributed by atoms with E-state index < -0.39 is 6.43 Å².